The number of halogens is 2. The van der Waals surface area contributed by atoms with Crippen molar-refractivity contribution in [2.75, 3.05) is 17.7 Å². The SMILES string of the molecule is CNC(=O)c1cnc(Nc2ccccc2C)c(NC(=O)c2coc3c(F)cc(Cl)cc23)c1. The summed E-state index contributed by atoms with van der Waals surface area (Å²) < 4.78 is 19.3. The molecule has 2 aromatic carbocycles. The van der Waals surface area contributed by atoms with Gasteiger partial charge in [0.2, 0.25) is 0 Å². The van der Waals surface area contributed by atoms with Crippen LogP contribution in [0.3, 0.4) is 0 Å². The number of pyridine rings is 1. The normalized spacial score (nSPS) is 10.8. The Labute approximate surface area is 187 Å². The Morgan fingerprint density at radius 3 is 2.62 bits per heavy atom. The highest BCUT2D eigenvalue weighted by atomic mass is 35.5. The van der Waals surface area contributed by atoms with Crippen LogP contribution < -0.4 is 16.0 Å². The molecular weight excluding hydrogens is 435 g/mol. The number of rotatable bonds is 5. The van der Waals surface area contributed by atoms with Gasteiger partial charge in [-0.15, -0.1) is 0 Å². The van der Waals surface area contributed by atoms with Crippen molar-refractivity contribution in [1.82, 2.24) is 10.3 Å². The molecule has 0 fully saturated rings. The number of carbonyl (C=O) groups excluding carboxylic acids is 2. The van der Waals surface area contributed by atoms with E-state index in [1.54, 1.807) is 0 Å². The van der Waals surface area contributed by atoms with E-state index in [9.17, 15) is 14.0 Å². The van der Waals surface area contributed by atoms with E-state index in [0.717, 1.165) is 23.6 Å². The van der Waals surface area contributed by atoms with Crippen molar-refractivity contribution < 1.29 is 18.4 Å². The predicted octanol–water partition coefficient (Wildman–Crippen LogP) is 5.28. The number of aromatic nitrogens is 1. The van der Waals surface area contributed by atoms with Gasteiger partial charge < -0.3 is 20.4 Å². The number of aryl methyl sites for hydroxylation is 1. The van der Waals surface area contributed by atoms with E-state index in [1.807, 2.05) is 31.2 Å². The third kappa shape index (κ3) is 4.13. The zero-order valence-corrected chi connectivity index (χ0v) is 17.9. The van der Waals surface area contributed by atoms with Crippen LogP contribution in [-0.2, 0) is 0 Å². The summed E-state index contributed by atoms with van der Waals surface area (Å²) in [5.74, 6) is -1.28. The number of carbonyl (C=O) groups is 2. The molecule has 4 rings (SSSR count). The van der Waals surface area contributed by atoms with Crippen molar-refractivity contribution >= 4 is 51.6 Å². The third-order valence-corrected chi connectivity index (χ3v) is 5.08. The highest BCUT2D eigenvalue weighted by Gasteiger charge is 2.20. The smallest absolute Gasteiger partial charge is 0.259 e. The topological polar surface area (TPSA) is 96.3 Å². The minimum absolute atomic E-state index is 0.0740. The highest BCUT2D eigenvalue weighted by molar-refractivity contribution is 6.31. The number of hydrogen-bond acceptors (Lipinski definition) is 5. The number of nitrogens with one attached hydrogen (secondary N) is 3. The van der Waals surface area contributed by atoms with Gasteiger partial charge in [-0.1, -0.05) is 29.8 Å². The number of hydrogen-bond donors (Lipinski definition) is 3. The molecule has 3 N–H and O–H groups in total. The molecule has 0 unspecified atom stereocenters. The maximum Gasteiger partial charge on any atom is 0.259 e. The maximum atomic E-state index is 14.1. The number of benzene rings is 2. The van der Waals surface area contributed by atoms with Crippen molar-refractivity contribution in [2.45, 2.75) is 6.92 Å². The Balaban J connectivity index is 1.73. The van der Waals surface area contributed by atoms with Crippen LogP contribution in [0.15, 0.2) is 59.3 Å². The van der Waals surface area contributed by atoms with E-state index < -0.39 is 11.7 Å². The van der Waals surface area contributed by atoms with Crippen LogP contribution in [0.1, 0.15) is 26.3 Å². The van der Waals surface area contributed by atoms with Crippen LogP contribution in [0, 0.1) is 12.7 Å². The van der Waals surface area contributed by atoms with Crippen LogP contribution in [0.5, 0.6) is 0 Å². The maximum absolute atomic E-state index is 14.1. The zero-order chi connectivity index (χ0) is 22.8. The predicted molar refractivity (Wildman–Crippen MR) is 121 cm³/mol. The monoisotopic (exact) mass is 452 g/mol. The second-order valence-corrected chi connectivity index (χ2v) is 7.44. The van der Waals surface area contributed by atoms with Gasteiger partial charge in [-0.2, -0.15) is 0 Å². The summed E-state index contributed by atoms with van der Waals surface area (Å²) in [6.45, 7) is 1.93. The summed E-state index contributed by atoms with van der Waals surface area (Å²) in [6, 6.07) is 11.6. The number of furan rings is 1. The Morgan fingerprint density at radius 1 is 1.09 bits per heavy atom. The van der Waals surface area contributed by atoms with Crippen molar-refractivity contribution in [1.29, 1.82) is 0 Å². The Morgan fingerprint density at radius 2 is 1.88 bits per heavy atom. The van der Waals surface area contributed by atoms with E-state index in [2.05, 4.69) is 20.9 Å². The summed E-state index contributed by atoms with van der Waals surface area (Å²) in [7, 11) is 1.50. The summed E-state index contributed by atoms with van der Waals surface area (Å²) in [6.07, 6.45) is 2.56. The number of amides is 2. The van der Waals surface area contributed by atoms with Gasteiger partial charge >= 0.3 is 0 Å². The fraction of sp³-hybridized carbons (Fsp3) is 0.0870. The van der Waals surface area contributed by atoms with Gasteiger partial charge in [0, 0.05) is 29.3 Å². The van der Waals surface area contributed by atoms with Gasteiger partial charge in [-0.05, 0) is 36.8 Å². The number of nitrogens with zero attached hydrogens (tertiary/aromatic N) is 1. The molecule has 0 spiro atoms. The molecule has 0 saturated carbocycles. The molecule has 0 radical (unpaired) electrons. The summed E-state index contributed by atoms with van der Waals surface area (Å²) in [4.78, 5) is 29.5. The Bertz CT molecular complexity index is 1350. The molecule has 7 nitrogen and oxygen atoms in total. The lowest BCUT2D eigenvalue weighted by molar-refractivity contribution is 0.0961. The average Bonchev–Trinajstić information content (AvgIpc) is 3.20. The first kappa shape index (κ1) is 21.3. The quantitative estimate of drug-likeness (QED) is 0.382. The summed E-state index contributed by atoms with van der Waals surface area (Å²) in [5, 5.41) is 8.79. The standard InChI is InChI=1S/C23H18ClFN4O3/c1-12-5-3-4-6-18(12)28-21-19(7-13(10-27-21)22(30)26-2)29-23(31)16-11-32-20-15(16)8-14(24)9-17(20)25/h3-11H,1-2H3,(H,26,30)(H,27,28)(H,29,31). The van der Waals surface area contributed by atoms with Crippen LogP contribution in [0.4, 0.5) is 21.6 Å². The van der Waals surface area contributed by atoms with E-state index >= 15 is 0 Å². The Hall–Kier alpha value is -3.91. The molecule has 2 amide bonds. The minimum Gasteiger partial charge on any atom is -0.460 e. The van der Waals surface area contributed by atoms with Gasteiger partial charge in [0.15, 0.2) is 17.2 Å². The first-order chi connectivity index (χ1) is 15.4. The first-order valence-electron chi connectivity index (χ1n) is 9.59. The number of fused-ring (bicyclic) bond motifs is 1. The van der Waals surface area contributed by atoms with Gasteiger partial charge in [-0.3, -0.25) is 9.59 Å². The largest absolute Gasteiger partial charge is 0.460 e. The fourth-order valence-corrected chi connectivity index (χ4v) is 3.40. The fourth-order valence-electron chi connectivity index (χ4n) is 3.20. The van der Waals surface area contributed by atoms with Crippen molar-refractivity contribution in [3.05, 3.63) is 82.5 Å². The molecule has 0 aliphatic carbocycles. The molecule has 0 aliphatic rings. The van der Waals surface area contributed by atoms with Crippen LogP contribution in [0.2, 0.25) is 5.02 Å². The molecular formula is C23H18ClFN4O3. The van der Waals surface area contributed by atoms with Crippen molar-refractivity contribution in [3.8, 4) is 0 Å². The molecule has 9 heteroatoms. The van der Waals surface area contributed by atoms with Crippen LogP contribution >= 0.6 is 11.6 Å². The molecule has 162 valence electrons. The summed E-state index contributed by atoms with van der Waals surface area (Å²) >= 11 is 5.94. The lowest BCUT2D eigenvalue weighted by Gasteiger charge is -2.14. The molecule has 4 aromatic rings. The van der Waals surface area contributed by atoms with E-state index in [0.29, 0.717) is 5.82 Å². The highest BCUT2D eigenvalue weighted by Crippen LogP contribution is 2.30. The second-order valence-electron chi connectivity index (χ2n) is 7.01. The first-order valence-corrected chi connectivity index (χ1v) is 9.97. The van der Waals surface area contributed by atoms with Gasteiger partial charge in [0.25, 0.3) is 11.8 Å². The number of para-hydroxylation sites is 1. The zero-order valence-electron chi connectivity index (χ0n) is 17.1. The average molecular weight is 453 g/mol. The third-order valence-electron chi connectivity index (χ3n) is 4.86. The van der Waals surface area contributed by atoms with E-state index in [1.165, 1.54) is 25.4 Å². The molecule has 0 bridgehead atoms. The van der Waals surface area contributed by atoms with Gasteiger partial charge in [-0.25, -0.2) is 9.37 Å². The van der Waals surface area contributed by atoms with E-state index in [4.69, 9.17) is 16.0 Å². The Kier molecular flexibility index (Phi) is 5.79. The van der Waals surface area contributed by atoms with Gasteiger partial charge in [0.1, 0.15) is 6.26 Å². The van der Waals surface area contributed by atoms with Gasteiger partial charge in [0.05, 0.1) is 16.8 Å². The van der Waals surface area contributed by atoms with Crippen molar-refractivity contribution in [2.24, 2.45) is 0 Å². The molecule has 0 saturated heterocycles. The minimum atomic E-state index is -0.670. The van der Waals surface area contributed by atoms with Crippen molar-refractivity contribution in [3.63, 3.8) is 0 Å². The molecule has 0 atom stereocenters. The molecule has 0 aliphatic heterocycles. The lowest BCUT2D eigenvalue weighted by atomic mass is 10.1. The van der Waals surface area contributed by atoms with E-state index in [-0.39, 0.29) is 38.7 Å². The van der Waals surface area contributed by atoms with Crippen LogP contribution in [-0.4, -0.2) is 23.8 Å². The van der Waals surface area contributed by atoms with Crippen LogP contribution in [0.25, 0.3) is 11.0 Å². The lowest BCUT2D eigenvalue weighted by Crippen LogP contribution is -2.19. The summed E-state index contributed by atoms with van der Waals surface area (Å²) in [5.41, 5.74) is 2.28. The second kappa shape index (κ2) is 8.68. The molecule has 32 heavy (non-hydrogen) atoms. The molecule has 2 heterocycles. The molecule has 2 aromatic heterocycles. The number of anilines is 3.